The van der Waals surface area contributed by atoms with Crippen LogP contribution in [0.15, 0.2) is 0 Å². The lowest BCUT2D eigenvalue weighted by molar-refractivity contribution is -0.143. The van der Waals surface area contributed by atoms with Gasteiger partial charge < -0.3 is 45.8 Å². The zero-order valence-corrected chi connectivity index (χ0v) is 30.5. The maximum Gasteiger partial charge on any atom is 0.409 e. The number of rotatable bonds is 24. The minimum absolute atomic E-state index is 0.167. The highest BCUT2D eigenvalue weighted by molar-refractivity contribution is 5.86. The van der Waals surface area contributed by atoms with E-state index in [1.54, 1.807) is 34.6 Å². The Hall–Kier alpha value is -3.05. The number of methoxy groups -OCH3 is 2. The number of amides is 3. The van der Waals surface area contributed by atoms with Crippen LogP contribution in [0.4, 0.5) is 4.79 Å². The van der Waals surface area contributed by atoms with Crippen LogP contribution in [0.3, 0.4) is 0 Å². The first-order valence-electron chi connectivity index (χ1n) is 16.4. The van der Waals surface area contributed by atoms with Gasteiger partial charge in [0.2, 0.25) is 11.8 Å². The Morgan fingerprint density at radius 3 is 2.04 bits per heavy atom. The minimum atomic E-state index is -1.08. The van der Waals surface area contributed by atoms with E-state index in [0.717, 1.165) is 0 Å². The Labute approximate surface area is 285 Å². The van der Waals surface area contributed by atoms with Crippen LogP contribution in [0.25, 0.3) is 0 Å². The van der Waals surface area contributed by atoms with E-state index in [4.69, 9.17) is 25.7 Å². The van der Waals surface area contributed by atoms with Gasteiger partial charge >= 0.3 is 18.0 Å². The molecule has 3 amide bonds. The summed E-state index contributed by atoms with van der Waals surface area (Å²) >= 11 is 0. The summed E-state index contributed by atoms with van der Waals surface area (Å²) in [5.41, 5.74) is 9.86. The van der Waals surface area contributed by atoms with E-state index < -0.39 is 47.4 Å². The molecule has 16 heteroatoms. The average Bonchev–Trinajstić information content (AvgIpc) is 2.96. The van der Waals surface area contributed by atoms with Crippen molar-refractivity contribution >= 4 is 29.8 Å². The summed E-state index contributed by atoms with van der Waals surface area (Å²) in [4.78, 5) is 59.8. The molecule has 0 heterocycles. The quantitative estimate of drug-likeness (QED) is 0.0364. The van der Waals surface area contributed by atoms with Crippen LogP contribution in [-0.2, 0) is 42.9 Å². The minimum Gasteiger partial charge on any atom is -0.469 e. The molecule has 0 aromatic heterocycles. The standard InChI is InChI=1S/C32H62N6O10/c1-30(2,3)48-29(43)38-32(6,7)47-18-16-31(4,5)36-21-46-20-22(37-28(42)24(34)19-26(40)45-9)13-10-11-17-35-27(41)23(33)14-12-15-25(39)44-8/h22-24,36H,10-21,33-34H2,1-9H3,(H,35,41)(H,37,42)(H,38,43)/t22-,23-,24-/m0/s1. The number of carbonyl (C=O) groups excluding carboxylic acids is 5. The van der Waals surface area contributed by atoms with Crippen molar-refractivity contribution in [1.82, 2.24) is 21.3 Å². The Morgan fingerprint density at radius 1 is 0.792 bits per heavy atom. The second kappa shape index (κ2) is 22.6. The van der Waals surface area contributed by atoms with Crippen LogP contribution >= 0.6 is 0 Å². The third kappa shape index (κ3) is 23.3. The monoisotopic (exact) mass is 690 g/mol. The van der Waals surface area contributed by atoms with Gasteiger partial charge in [-0.3, -0.25) is 29.8 Å². The Morgan fingerprint density at radius 2 is 1.44 bits per heavy atom. The first kappa shape index (κ1) is 45.0. The van der Waals surface area contributed by atoms with Gasteiger partial charge in [-0.1, -0.05) is 0 Å². The molecule has 0 saturated carbocycles. The van der Waals surface area contributed by atoms with Gasteiger partial charge in [0.15, 0.2) is 0 Å². The molecule has 0 rings (SSSR count). The number of ether oxygens (including phenoxy) is 5. The maximum absolute atomic E-state index is 12.7. The van der Waals surface area contributed by atoms with E-state index in [2.05, 4.69) is 30.7 Å². The Kier molecular flexibility index (Phi) is 21.1. The van der Waals surface area contributed by atoms with Crippen molar-refractivity contribution in [3.05, 3.63) is 0 Å². The van der Waals surface area contributed by atoms with Crippen molar-refractivity contribution in [1.29, 1.82) is 0 Å². The molecular weight excluding hydrogens is 628 g/mol. The molecule has 0 saturated heterocycles. The van der Waals surface area contributed by atoms with Crippen molar-refractivity contribution in [2.75, 3.05) is 40.7 Å². The van der Waals surface area contributed by atoms with Crippen molar-refractivity contribution < 1.29 is 47.7 Å². The summed E-state index contributed by atoms with van der Waals surface area (Å²) < 4.78 is 26.2. The second-order valence-corrected chi connectivity index (χ2v) is 13.8. The number of nitrogens with one attached hydrogen (secondary N) is 4. The summed E-state index contributed by atoms with van der Waals surface area (Å²) in [6.07, 6.45) is 2.56. The van der Waals surface area contributed by atoms with Crippen LogP contribution in [0.2, 0.25) is 0 Å². The molecule has 48 heavy (non-hydrogen) atoms. The van der Waals surface area contributed by atoms with Crippen LogP contribution in [0.1, 0.15) is 99.8 Å². The smallest absolute Gasteiger partial charge is 0.409 e. The molecule has 16 nitrogen and oxygen atoms in total. The number of esters is 2. The molecule has 0 aliphatic rings. The van der Waals surface area contributed by atoms with Gasteiger partial charge in [0.1, 0.15) is 11.3 Å². The van der Waals surface area contributed by atoms with Gasteiger partial charge in [0.25, 0.3) is 0 Å². The predicted molar refractivity (Wildman–Crippen MR) is 179 cm³/mol. The van der Waals surface area contributed by atoms with E-state index >= 15 is 0 Å². The first-order chi connectivity index (χ1) is 22.2. The van der Waals surface area contributed by atoms with Gasteiger partial charge in [-0.2, -0.15) is 0 Å². The molecule has 0 spiro atoms. The van der Waals surface area contributed by atoms with Crippen LogP contribution in [0, 0.1) is 0 Å². The summed E-state index contributed by atoms with van der Waals surface area (Å²) in [5, 5.41) is 11.7. The van der Waals surface area contributed by atoms with Gasteiger partial charge in [0, 0.05) is 18.5 Å². The summed E-state index contributed by atoms with van der Waals surface area (Å²) in [6.45, 7) is 13.9. The summed E-state index contributed by atoms with van der Waals surface area (Å²) in [7, 11) is 2.53. The molecule has 0 aliphatic heterocycles. The molecule has 0 radical (unpaired) electrons. The lowest BCUT2D eigenvalue weighted by atomic mass is 10.0. The van der Waals surface area contributed by atoms with Crippen molar-refractivity contribution in [2.24, 2.45) is 11.5 Å². The molecule has 0 unspecified atom stereocenters. The number of nitrogens with two attached hydrogens (primary N) is 2. The molecule has 0 fully saturated rings. The Bertz CT molecular complexity index is 1000. The largest absolute Gasteiger partial charge is 0.469 e. The Balaban J connectivity index is 4.81. The zero-order valence-electron chi connectivity index (χ0n) is 30.5. The number of carbonyl (C=O) groups is 5. The third-order valence-electron chi connectivity index (χ3n) is 7.00. The lowest BCUT2D eigenvalue weighted by Crippen LogP contribution is -2.49. The van der Waals surface area contributed by atoms with Gasteiger partial charge in [0.05, 0.1) is 58.7 Å². The van der Waals surface area contributed by atoms with Crippen LogP contribution in [-0.4, -0.2) is 106 Å². The van der Waals surface area contributed by atoms with Gasteiger partial charge in [-0.05, 0) is 87.0 Å². The SMILES string of the molecule is COC(=O)CCC[C@H](N)C(=O)NCCCC[C@@H](COCNC(C)(C)CCOC(C)(C)NC(=O)OC(C)(C)C)NC(=O)[C@@H](N)CC(=O)OC. The highest BCUT2D eigenvalue weighted by Gasteiger charge is 2.27. The van der Waals surface area contributed by atoms with E-state index in [0.29, 0.717) is 51.7 Å². The number of unbranched alkanes of at least 4 members (excludes halogenated alkanes) is 1. The average molecular weight is 691 g/mol. The van der Waals surface area contributed by atoms with E-state index in [1.165, 1.54) is 14.2 Å². The summed E-state index contributed by atoms with van der Waals surface area (Å²) in [5.74, 6) is -1.75. The van der Waals surface area contributed by atoms with Crippen LogP contribution in [0.5, 0.6) is 0 Å². The molecule has 8 N–H and O–H groups in total. The molecule has 0 aromatic rings. The highest BCUT2D eigenvalue weighted by Crippen LogP contribution is 2.14. The fraction of sp³-hybridized carbons (Fsp3) is 0.844. The maximum atomic E-state index is 12.7. The van der Waals surface area contributed by atoms with Crippen molar-refractivity contribution in [2.45, 2.75) is 135 Å². The molecule has 0 aliphatic carbocycles. The third-order valence-corrected chi connectivity index (χ3v) is 7.00. The van der Waals surface area contributed by atoms with Gasteiger partial charge in [-0.25, -0.2) is 4.79 Å². The van der Waals surface area contributed by atoms with Crippen molar-refractivity contribution in [3.8, 4) is 0 Å². The lowest BCUT2D eigenvalue weighted by Gasteiger charge is -2.31. The van der Waals surface area contributed by atoms with E-state index in [1.807, 2.05) is 13.8 Å². The summed E-state index contributed by atoms with van der Waals surface area (Å²) in [6, 6.07) is -2.22. The predicted octanol–water partition coefficient (Wildman–Crippen LogP) is 1.33. The number of hydrogen-bond donors (Lipinski definition) is 6. The first-order valence-corrected chi connectivity index (χ1v) is 16.4. The number of alkyl carbamates (subject to hydrolysis) is 1. The van der Waals surface area contributed by atoms with E-state index in [9.17, 15) is 24.0 Å². The molecule has 280 valence electrons. The van der Waals surface area contributed by atoms with Gasteiger partial charge in [-0.15, -0.1) is 0 Å². The second-order valence-electron chi connectivity index (χ2n) is 13.8. The normalized spacial score (nSPS) is 13.9. The zero-order chi connectivity index (χ0) is 37.0. The molecule has 0 bridgehead atoms. The fourth-order valence-corrected chi connectivity index (χ4v) is 4.10. The topological polar surface area (TPSA) is 232 Å². The molecule has 0 aromatic carbocycles. The molecule has 3 atom stereocenters. The molecular formula is C32H62N6O10. The fourth-order valence-electron chi connectivity index (χ4n) is 4.10. The van der Waals surface area contributed by atoms with Crippen LogP contribution < -0.4 is 32.7 Å². The highest BCUT2D eigenvalue weighted by atomic mass is 16.6. The van der Waals surface area contributed by atoms with E-state index in [-0.39, 0.29) is 43.6 Å². The number of hydrogen-bond acceptors (Lipinski definition) is 13. The van der Waals surface area contributed by atoms with Crippen molar-refractivity contribution in [3.63, 3.8) is 0 Å².